The first-order valence-corrected chi connectivity index (χ1v) is 9.24. The molecule has 0 spiro atoms. The Labute approximate surface area is 175 Å². The molecule has 0 radical (unpaired) electrons. The minimum atomic E-state index is -0.989. The summed E-state index contributed by atoms with van der Waals surface area (Å²) in [4.78, 5) is 20.4. The third-order valence-electron chi connectivity index (χ3n) is 4.34. The lowest BCUT2D eigenvalue weighted by Gasteiger charge is -2.10. The van der Waals surface area contributed by atoms with Crippen LogP contribution in [0.3, 0.4) is 0 Å². The summed E-state index contributed by atoms with van der Waals surface area (Å²) in [6, 6.07) is 14.0. The van der Waals surface area contributed by atoms with Gasteiger partial charge in [-0.2, -0.15) is 0 Å². The van der Waals surface area contributed by atoms with Gasteiger partial charge in [0.2, 0.25) is 0 Å². The number of urea groups is 1. The molecule has 0 atom stereocenters. The average Bonchev–Trinajstić information content (AvgIpc) is 2.75. The first-order valence-electron chi connectivity index (χ1n) is 9.24. The first kappa shape index (κ1) is 20.1. The van der Waals surface area contributed by atoms with E-state index in [9.17, 15) is 18.0 Å². The van der Waals surface area contributed by atoms with Crippen molar-refractivity contribution in [2.24, 2.45) is 0 Å². The van der Waals surface area contributed by atoms with E-state index in [-0.39, 0.29) is 16.9 Å². The van der Waals surface area contributed by atoms with Crippen LogP contribution in [-0.2, 0) is 6.54 Å². The molecular weight excluding hydrogens is 407 g/mol. The van der Waals surface area contributed by atoms with Crippen LogP contribution in [-0.4, -0.2) is 16.0 Å². The Hall–Kier alpha value is -4.14. The van der Waals surface area contributed by atoms with Crippen LogP contribution < -0.4 is 16.0 Å². The van der Waals surface area contributed by atoms with Crippen molar-refractivity contribution >= 4 is 34.3 Å². The average molecular weight is 423 g/mol. The third-order valence-corrected chi connectivity index (χ3v) is 4.34. The van der Waals surface area contributed by atoms with E-state index in [1.807, 2.05) is 6.07 Å². The fourth-order valence-electron chi connectivity index (χ4n) is 2.87. The normalized spacial score (nSPS) is 10.7. The minimum absolute atomic E-state index is 0.233. The monoisotopic (exact) mass is 423 g/mol. The number of carbonyl (C=O) groups is 1. The zero-order valence-electron chi connectivity index (χ0n) is 16.0. The lowest BCUT2D eigenvalue weighted by atomic mass is 10.2. The van der Waals surface area contributed by atoms with Crippen LogP contribution in [0.1, 0.15) is 5.56 Å². The van der Waals surface area contributed by atoms with Crippen molar-refractivity contribution < 1.29 is 18.0 Å². The molecule has 0 aliphatic heterocycles. The number of aromatic nitrogens is 2. The van der Waals surface area contributed by atoms with Crippen LogP contribution in [0.25, 0.3) is 11.0 Å². The van der Waals surface area contributed by atoms with E-state index in [1.165, 1.54) is 30.5 Å². The fourth-order valence-corrected chi connectivity index (χ4v) is 2.87. The van der Waals surface area contributed by atoms with Crippen molar-refractivity contribution in [1.82, 2.24) is 9.97 Å². The lowest BCUT2D eigenvalue weighted by Crippen LogP contribution is -2.19. The van der Waals surface area contributed by atoms with Crippen LogP contribution in [0.5, 0.6) is 0 Å². The van der Waals surface area contributed by atoms with Gasteiger partial charge in [0.25, 0.3) is 0 Å². The van der Waals surface area contributed by atoms with Gasteiger partial charge in [0.05, 0.1) is 17.2 Å². The number of fused-ring (bicyclic) bond motifs is 1. The second-order valence-electron chi connectivity index (χ2n) is 6.65. The highest BCUT2D eigenvalue weighted by Gasteiger charge is 2.08. The van der Waals surface area contributed by atoms with Gasteiger partial charge in [-0.25, -0.2) is 22.9 Å². The largest absolute Gasteiger partial charge is 0.365 e. The zero-order valence-corrected chi connectivity index (χ0v) is 16.0. The molecule has 2 amide bonds. The number of nitrogens with one attached hydrogen (secondary N) is 3. The van der Waals surface area contributed by atoms with E-state index in [0.717, 1.165) is 17.7 Å². The van der Waals surface area contributed by atoms with Crippen LogP contribution in [0.15, 0.2) is 66.9 Å². The maximum atomic E-state index is 13.4. The Kier molecular flexibility index (Phi) is 5.65. The molecule has 9 heteroatoms. The molecule has 0 fully saturated rings. The zero-order chi connectivity index (χ0) is 21.8. The smallest absolute Gasteiger partial charge is 0.323 e. The maximum absolute atomic E-state index is 13.4. The van der Waals surface area contributed by atoms with Gasteiger partial charge >= 0.3 is 6.03 Å². The molecule has 3 aromatic carbocycles. The van der Waals surface area contributed by atoms with E-state index in [4.69, 9.17) is 0 Å². The van der Waals surface area contributed by atoms with Crippen LogP contribution >= 0.6 is 0 Å². The summed E-state index contributed by atoms with van der Waals surface area (Å²) in [5.41, 5.74) is 2.34. The van der Waals surface area contributed by atoms with Gasteiger partial charge in [0.1, 0.15) is 11.6 Å². The van der Waals surface area contributed by atoms with Gasteiger partial charge in [0, 0.05) is 30.1 Å². The Morgan fingerprint density at radius 2 is 1.55 bits per heavy atom. The summed E-state index contributed by atoms with van der Waals surface area (Å²) in [7, 11) is 0. The quantitative estimate of drug-likeness (QED) is 0.407. The Morgan fingerprint density at radius 3 is 2.32 bits per heavy atom. The number of hydrogen-bond donors (Lipinski definition) is 3. The summed E-state index contributed by atoms with van der Waals surface area (Å²) in [5, 5.41) is 8.37. The SMILES string of the molecule is O=C(Nc1ccc(F)cc1)Nc1cccc(CNc2cnc3cc(F)c(F)cc3n2)c1. The van der Waals surface area contributed by atoms with Gasteiger partial charge < -0.3 is 16.0 Å². The molecule has 31 heavy (non-hydrogen) atoms. The number of carbonyl (C=O) groups excluding carboxylic acids is 1. The van der Waals surface area contributed by atoms with E-state index in [1.54, 1.807) is 18.2 Å². The molecule has 0 aliphatic carbocycles. The highest BCUT2D eigenvalue weighted by molar-refractivity contribution is 5.99. The van der Waals surface area contributed by atoms with Crippen molar-refractivity contribution in [3.63, 3.8) is 0 Å². The molecule has 0 aliphatic rings. The standard InChI is InChI=1S/C22H16F3N5O/c23-14-4-6-15(7-5-14)28-22(31)29-16-3-1-2-13(8-16)11-27-21-12-26-19-9-17(24)18(25)10-20(19)30-21/h1-10,12H,11H2,(H,27,30)(H2,28,29,31). The van der Waals surface area contributed by atoms with E-state index in [0.29, 0.717) is 23.7 Å². The molecule has 0 unspecified atom stereocenters. The fraction of sp³-hybridized carbons (Fsp3) is 0.0455. The summed E-state index contributed by atoms with van der Waals surface area (Å²) in [6.45, 7) is 0.360. The predicted molar refractivity (Wildman–Crippen MR) is 112 cm³/mol. The number of amides is 2. The van der Waals surface area contributed by atoms with Crippen LogP contribution in [0, 0.1) is 17.5 Å². The van der Waals surface area contributed by atoms with Crippen molar-refractivity contribution in [1.29, 1.82) is 0 Å². The van der Waals surface area contributed by atoms with Crippen molar-refractivity contribution in [2.45, 2.75) is 6.54 Å². The van der Waals surface area contributed by atoms with Crippen molar-refractivity contribution in [3.8, 4) is 0 Å². The number of benzene rings is 3. The number of anilines is 3. The summed E-state index contributed by atoms with van der Waals surface area (Å²) < 4.78 is 39.6. The molecule has 0 saturated heterocycles. The minimum Gasteiger partial charge on any atom is -0.365 e. The van der Waals surface area contributed by atoms with E-state index in [2.05, 4.69) is 25.9 Å². The number of rotatable bonds is 5. The van der Waals surface area contributed by atoms with Gasteiger partial charge in [-0.1, -0.05) is 12.1 Å². The topological polar surface area (TPSA) is 78.9 Å². The molecule has 6 nitrogen and oxygen atoms in total. The maximum Gasteiger partial charge on any atom is 0.323 e. The van der Waals surface area contributed by atoms with Crippen molar-refractivity contribution in [3.05, 3.63) is 89.9 Å². The lowest BCUT2D eigenvalue weighted by molar-refractivity contribution is 0.262. The highest BCUT2D eigenvalue weighted by Crippen LogP contribution is 2.18. The molecule has 0 bridgehead atoms. The highest BCUT2D eigenvalue weighted by atomic mass is 19.2. The Morgan fingerprint density at radius 1 is 0.839 bits per heavy atom. The molecule has 4 aromatic rings. The van der Waals surface area contributed by atoms with Gasteiger partial charge in [-0.05, 0) is 42.0 Å². The van der Waals surface area contributed by atoms with Gasteiger partial charge in [0.15, 0.2) is 11.6 Å². The third kappa shape index (κ3) is 5.08. The Balaban J connectivity index is 1.39. The number of nitrogens with zero attached hydrogens (tertiary/aromatic N) is 2. The first-order chi connectivity index (χ1) is 15.0. The molecule has 3 N–H and O–H groups in total. The number of hydrogen-bond acceptors (Lipinski definition) is 4. The molecule has 1 aromatic heterocycles. The van der Waals surface area contributed by atoms with Crippen LogP contribution in [0.4, 0.5) is 35.2 Å². The molecule has 1 heterocycles. The molecule has 0 saturated carbocycles. The Bertz CT molecular complexity index is 1250. The van der Waals surface area contributed by atoms with Crippen molar-refractivity contribution in [2.75, 3.05) is 16.0 Å². The second-order valence-corrected chi connectivity index (χ2v) is 6.65. The predicted octanol–water partition coefficient (Wildman–Crippen LogP) is 5.30. The summed E-state index contributed by atoms with van der Waals surface area (Å²) in [6.07, 6.45) is 1.43. The molecule has 4 rings (SSSR count). The second kappa shape index (κ2) is 8.70. The summed E-state index contributed by atoms with van der Waals surface area (Å²) in [5.74, 6) is -1.96. The summed E-state index contributed by atoms with van der Waals surface area (Å²) >= 11 is 0. The van der Waals surface area contributed by atoms with Gasteiger partial charge in [-0.15, -0.1) is 0 Å². The van der Waals surface area contributed by atoms with E-state index < -0.39 is 17.7 Å². The molecular formula is C22H16F3N5O. The number of halogens is 3. The molecule has 156 valence electrons. The van der Waals surface area contributed by atoms with E-state index >= 15 is 0 Å². The van der Waals surface area contributed by atoms with Crippen LogP contribution in [0.2, 0.25) is 0 Å². The van der Waals surface area contributed by atoms with Gasteiger partial charge in [-0.3, -0.25) is 4.98 Å².